The molecule has 7 nitrogen and oxygen atoms in total. The average molecular weight is 484 g/mol. The molecule has 33 heavy (non-hydrogen) atoms. The Morgan fingerprint density at radius 1 is 1.12 bits per heavy atom. The van der Waals surface area contributed by atoms with Gasteiger partial charge < -0.3 is 4.74 Å². The Morgan fingerprint density at radius 2 is 1.88 bits per heavy atom. The summed E-state index contributed by atoms with van der Waals surface area (Å²) in [5.41, 5.74) is 2.36. The van der Waals surface area contributed by atoms with Crippen molar-refractivity contribution in [3.05, 3.63) is 65.6 Å². The van der Waals surface area contributed by atoms with Crippen LogP contribution in [0.1, 0.15) is 24.8 Å². The van der Waals surface area contributed by atoms with Crippen molar-refractivity contribution in [1.82, 2.24) is 9.29 Å². The number of carbonyl (C=O) groups excluding carboxylic acids is 1. The van der Waals surface area contributed by atoms with Gasteiger partial charge in [0.2, 0.25) is 15.9 Å². The molecular formula is C24H25N3O4S2. The molecule has 1 aliphatic rings. The van der Waals surface area contributed by atoms with Crippen molar-refractivity contribution in [3.63, 3.8) is 0 Å². The van der Waals surface area contributed by atoms with E-state index in [1.54, 1.807) is 24.3 Å². The number of hydrogen-bond donors (Lipinski definition) is 1. The Bertz CT molecular complexity index is 1250. The molecule has 0 atom stereocenters. The van der Waals surface area contributed by atoms with Crippen molar-refractivity contribution in [2.45, 2.75) is 24.2 Å². The van der Waals surface area contributed by atoms with E-state index in [0.29, 0.717) is 29.5 Å². The minimum Gasteiger partial charge on any atom is -0.495 e. The number of sulfonamides is 1. The average Bonchev–Trinajstić information content (AvgIpc) is 3.32. The van der Waals surface area contributed by atoms with Crippen molar-refractivity contribution in [3.8, 4) is 17.0 Å². The first kappa shape index (κ1) is 23.2. The maximum atomic E-state index is 13.2. The zero-order valence-corrected chi connectivity index (χ0v) is 19.9. The van der Waals surface area contributed by atoms with Gasteiger partial charge in [-0.25, -0.2) is 13.4 Å². The molecular weight excluding hydrogens is 458 g/mol. The van der Waals surface area contributed by atoms with E-state index in [1.807, 2.05) is 35.7 Å². The number of ether oxygens (including phenoxy) is 1. The number of amides is 1. The van der Waals surface area contributed by atoms with Crippen molar-refractivity contribution >= 4 is 38.5 Å². The molecule has 3 aromatic rings. The van der Waals surface area contributed by atoms with Gasteiger partial charge in [0.15, 0.2) is 5.13 Å². The molecule has 2 heterocycles. The summed E-state index contributed by atoms with van der Waals surface area (Å²) in [6, 6.07) is 14.6. The van der Waals surface area contributed by atoms with Crippen LogP contribution >= 0.6 is 11.3 Å². The van der Waals surface area contributed by atoms with Gasteiger partial charge in [-0.3, -0.25) is 10.1 Å². The third-order valence-corrected chi connectivity index (χ3v) is 8.03. The van der Waals surface area contributed by atoms with E-state index in [1.165, 1.54) is 28.8 Å². The number of aromatic nitrogens is 1. The summed E-state index contributed by atoms with van der Waals surface area (Å²) in [6.45, 7) is 1.01. The SMILES string of the molecule is COc1ccc(C=CC(=O)Nc2nc(-c3ccccc3)cs2)cc1S(=O)(=O)N1CCCCC1. The predicted octanol–water partition coefficient (Wildman–Crippen LogP) is 4.65. The molecule has 9 heteroatoms. The Labute approximate surface area is 197 Å². The number of benzene rings is 2. The van der Waals surface area contributed by atoms with E-state index < -0.39 is 10.0 Å². The lowest BCUT2D eigenvalue weighted by Crippen LogP contribution is -2.35. The van der Waals surface area contributed by atoms with E-state index >= 15 is 0 Å². The fraction of sp³-hybridized carbons (Fsp3) is 0.250. The topological polar surface area (TPSA) is 88.6 Å². The van der Waals surface area contributed by atoms with Gasteiger partial charge in [-0.05, 0) is 36.6 Å². The second kappa shape index (κ2) is 10.3. The van der Waals surface area contributed by atoms with E-state index in [0.717, 1.165) is 30.5 Å². The molecule has 0 saturated carbocycles. The summed E-state index contributed by atoms with van der Waals surface area (Å²) < 4.78 is 33.1. The summed E-state index contributed by atoms with van der Waals surface area (Å²) in [4.78, 5) is 17.0. The van der Waals surface area contributed by atoms with Crippen LogP contribution in [0.2, 0.25) is 0 Å². The fourth-order valence-corrected chi connectivity index (χ4v) is 6.06. The third kappa shape index (κ3) is 5.50. The van der Waals surface area contributed by atoms with E-state index in [-0.39, 0.29) is 10.8 Å². The molecule has 4 rings (SSSR count). The smallest absolute Gasteiger partial charge is 0.250 e. The van der Waals surface area contributed by atoms with E-state index in [2.05, 4.69) is 10.3 Å². The van der Waals surface area contributed by atoms with E-state index in [4.69, 9.17) is 4.74 Å². The van der Waals surface area contributed by atoms with Crippen LogP contribution in [0.5, 0.6) is 5.75 Å². The van der Waals surface area contributed by atoms with Crippen molar-refractivity contribution < 1.29 is 17.9 Å². The molecule has 1 aliphatic heterocycles. The Balaban J connectivity index is 1.48. The third-order valence-electron chi connectivity index (χ3n) is 5.35. The van der Waals surface area contributed by atoms with Crippen LogP contribution in [0.4, 0.5) is 5.13 Å². The number of methoxy groups -OCH3 is 1. The molecule has 1 saturated heterocycles. The normalized spacial score (nSPS) is 14.9. The number of thiazole rings is 1. The zero-order valence-electron chi connectivity index (χ0n) is 18.2. The van der Waals surface area contributed by atoms with Gasteiger partial charge in [0.05, 0.1) is 12.8 Å². The minimum absolute atomic E-state index is 0.113. The standard InChI is InChI=1S/C24H25N3O4S2/c1-31-21-12-10-18(16-22(21)33(29,30)27-14-6-3-7-15-27)11-13-23(28)26-24-25-20(17-32-24)19-8-4-2-5-9-19/h2,4-5,8-13,16-17H,3,6-7,14-15H2,1H3,(H,25,26,28). The highest BCUT2D eigenvalue weighted by Crippen LogP contribution is 2.30. The monoisotopic (exact) mass is 483 g/mol. The largest absolute Gasteiger partial charge is 0.495 e. The second-order valence-corrected chi connectivity index (χ2v) is 10.4. The van der Waals surface area contributed by atoms with Crippen LogP contribution in [-0.2, 0) is 14.8 Å². The fourth-order valence-electron chi connectivity index (χ4n) is 3.63. The lowest BCUT2D eigenvalue weighted by atomic mass is 10.2. The highest BCUT2D eigenvalue weighted by molar-refractivity contribution is 7.89. The lowest BCUT2D eigenvalue weighted by Gasteiger charge is -2.26. The molecule has 0 unspecified atom stereocenters. The molecule has 1 amide bonds. The quantitative estimate of drug-likeness (QED) is 0.495. The first-order valence-electron chi connectivity index (χ1n) is 10.7. The van der Waals surface area contributed by atoms with Gasteiger partial charge in [0.25, 0.3) is 0 Å². The van der Waals surface area contributed by atoms with Gasteiger partial charge in [-0.1, -0.05) is 42.8 Å². The number of carbonyl (C=O) groups is 1. The van der Waals surface area contributed by atoms with Crippen LogP contribution in [0.15, 0.2) is 64.9 Å². The Morgan fingerprint density at radius 3 is 2.61 bits per heavy atom. The van der Waals surface area contributed by atoms with Gasteiger partial charge in [0, 0.05) is 30.1 Å². The molecule has 0 radical (unpaired) electrons. The summed E-state index contributed by atoms with van der Waals surface area (Å²) in [7, 11) is -2.22. The number of nitrogens with one attached hydrogen (secondary N) is 1. The number of rotatable bonds is 7. The summed E-state index contributed by atoms with van der Waals surface area (Å²) in [5, 5.41) is 5.13. The molecule has 0 bridgehead atoms. The van der Waals surface area contributed by atoms with Gasteiger partial charge in [-0.2, -0.15) is 4.31 Å². The molecule has 0 spiro atoms. The summed E-state index contributed by atoms with van der Waals surface area (Å²) in [6.07, 6.45) is 5.68. The van der Waals surface area contributed by atoms with Crippen molar-refractivity contribution in [2.24, 2.45) is 0 Å². The van der Waals surface area contributed by atoms with E-state index in [9.17, 15) is 13.2 Å². The number of hydrogen-bond acceptors (Lipinski definition) is 6. The summed E-state index contributed by atoms with van der Waals surface area (Å²) in [5.74, 6) is -0.0568. The molecule has 0 aliphatic carbocycles. The van der Waals surface area contributed by atoms with Gasteiger partial charge in [0.1, 0.15) is 10.6 Å². The first-order valence-corrected chi connectivity index (χ1v) is 13.0. The highest BCUT2D eigenvalue weighted by Gasteiger charge is 2.29. The molecule has 1 aromatic heterocycles. The van der Waals surface area contributed by atoms with Crippen LogP contribution in [0.3, 0.4) is 0 Å². The first-order chi connectivity index (χ1) is 16.0. The molecule has 172 valence electrons. The van der Waals surface area contributed by atoms with Crippen molar-refractivity contribution in [2.75, 3.05) is 25.5 Å². The maximum absolute atomic E-state index is 13.2. The predicted molar refractivity (Wildman–Crippen MR) is 131 cm³/mol. The zero-order chi connectivity index (χ0) is 23.3. The second-order valence-electron chi connectivity index (χ2n) is 7.60. The van der Waals surface area contributed by atoms with Crippen molar-refractivity contribution in [1.29, 1.82) is 0 Å². The Kier molecular flexibility index (Phi) is 7.22. The number of nitrogens with zero attached hydrogens (tertiary/aromatic N) is 2. The highest BCUT2D eigenvalue weighted by atomic mass is 32.2. The molecule has 2 aromatic carbocycles. The van der Waals surface area contributed by atoms with Crippen LogP contribution in [0.25, 0.3) is 17.3 Å². The number of anilines is 1. The van der Waals surface area contributed by atoms with Gasteiger partial charge in [-0.15, -0.1) is 11.3 Å². The maximum Gasteiger partial charge on any atom is 0.250 e. The Hall–Kier alpha value is -3.01. The number of piperidine rings is 1. The lowest BCUT2D eigenvalue weighted by molar-refractivity contribution is -0.111. The molecule has 1 N–H and O–H groups in total. The summed E-state index contributed by atoms with van der Waals surface area (Å²) >= 11 is 1.34. The van der Waals surface area contributed by atoms with Gasteiger partial charge >= 0.3 is 0 Å². The van der Waals surface area contributed by atoms with Crippen LogP contribution in [0, 0.1) is 0 Å². The van der Waals surface area contributed by atoms with Crippen LogP contribution < -0.4 is 10.1 Å². The molecule has 1 fully saturated rings. The van der Waals surface area contributed by atoms with Crippen LogP contribution in [-0.4, -0.2) is 43.8 Å². The minimum atomic E-state index is -3.67.